The highest BCUT2D eigenvalue weighted by atomic mass is 16.5. The highest BCUT2D eigenvalue weighted by Gasteiger charge is 2.16. The van der Waals surface area contributed by atoms with Crippen molar-refractivity contribution < 1.29 is 9.32 Å². The number of hydrogen-bond acceptors (Lipinski definition) is 6. The Morgan fingerprint density at radius 2 is 2.25 bits per heavy atom. The Morgan fingerprint density at radius 1 is 1.33 bits per heavy atom. The van der Waals surface area contributed by atoms with Crippen molar-refractivity contribution in [3.63, 3.8) is 0 Å². The largest absolute Gasteiger partial charge is 0.343 e. The minimum absolute atomic E-state index is 0.125. The number of carbonyl (C=O) groups is 1. The first-order valence-electron chi connectivity index (χ1n) is 7.23. The molecule has 0 saturated heterocycles. The average molecular weight is 323 g/mol. The Bertz CT molecular complexity index is 999. The summed E-state index contributed by atoms with van der Waals surface area (Å²) in [5.74, 6) is 0.430. The number of pyridine rings is 1. The van der Waals surface area contributed by atoms with Crippen molar-refractivity contribution in [1.82, 2.24) is 34.6 Å². The molecule has 0 fully saturated rings. The van der Waals surface area contributed by atoms with Gasteiger partial charge in [-0.2, -0.15) is 10.1 Å². The van der Waals surface area contributed by atoms with E-state index in [1.165, 1.54) is 6.20 Å². The average Bonchev–Trinajstić information content (AvgIpc) is 3.32. The van der Waals surface area contributed by atoms with Gasteiger partial charge in [0.1, 0.15) is 16.9 Å². The molecule has 24 heavy (non-hydrogen) atoms. The van der Waals surface area contributed by atoms with Crippen LogP contribution in [0.15, 0.2) is 47.5 Å². The summed E-state index contributed by atoms with van der Waals surface area (Å²) in [6, 6.07) is 5.43. The van der Waals surface area contributed by atoms with Crippen molar-refractivity contribution in [1.29, 1.82) is 0 Å². The van der Waals surface area contributed by atoms with Crippen LogP contribution in [0.4, 0.5) is 0 Å². The molecule has 0 atom stereocenters. The molecule has 4 heterocycles. The van der Waals surface area contributed by atoms with E-state index in [9.17, 15) is 4.79 Å². The Morgan fingerprint density at radius 3 is 3.08 bits per heavy atom. The summed E-state index contributed by atoms with van der Waals surface area (Å²) < 4.78 is 8.61. The van der Waals surface area contributed by atoms with Crippen molar-refractivity contribution in [3.8, 4) is 11.5 Å². The monoisotopic (exact) mass is 323 g/mol. The van der Waals surface area contributed by atoms with Gasteiger partial charge in [-0.3, -0.25) is 9.78 Å². The zero-order chi connectivity index (χ0) is 16.5. The SMILES string of the molecule is Cn1ccn2ncc(C(=O)NCc3nc(-c4ccccn4)no3)c12. The Labute approximate surface area is 135 Å². The van der Waals surface area contributed by atoms with Crippen LogP contribution in [0, 0.1) is 0 Å². The van der Waals surface area contributed by atoms with Crippen molar-refractivity contribution in [3.05, 3.63) is 54.4 Å². The molecule has 0 aliphatic carbocycles. The fourth-order valence-electron chi connectivity index (χ4n) is 2.39. The molecule has 0 aromatic carbocycles. The van der Waals surface area contributed by atoms with Gasteiger partial charge in [0.25, 0.3) is 5.91 Å². The second-order valence-electron chi connectivity index (χ2n) is 5.14. The Balaban J connectivity index is 1.48. The molecule has 0 saturated carbocycles. The van der Waals surface area contributed by atoms with Crippen LogP contribution >= 0.6 is 0 Å². The summed E-state index contributed by atoms with van der Waals surface area (Å²) in [7, 11) is 1.85. The molecule has 4 aromatic rings. The minimum Gasteiger partial charge on any atom is -0.343 e. The maximum Gasteiger partial charge on any atom is 0.257 e. The molecule has 4 rings (SSSR count). The van der Waals surface area contributed by atoms with Gasteiger partial charge in [0.15, 0.2) is 0 Å². The number of hydrogen-bond donors (Lipinski definition) is 1. The third-order valence-electron chi connectivity index (χ3n) is 3.54. The molecular weight excluding hydrogens is 310 g/mol. The number of nitrogens with zero attached hydrogens (tertiary/aromatic N) is 6. The Kier molecular flexibility index (Phi) is 3.30. The van der Waals surface area contributed by atoms with Crippen molar-refractivity contribution in [2.45, 2.75) is 6.54 Å². The van der Waals surface area contributed by atoms with Crippen LogP contribution in [0.2, 0.25) is 0 Å². The fourth-order valence-corrected chi connectivity index (χ4v) is 2.39. The number of amides is 1. The van der Waals surface area contributed by atoms with Crippen molar-refractivity contribution in [2.75, 3.05) is 0 Å². The lowest BCUT2D eigenvalue weighted by Gasteiger charge is -2.01. The van der Waals surface area contributed by atoms with E-state index in [1.807, 2.05) is 23.9 Å². The summed E-state index contributed by atoms with van der Waals surface area (Å²) in [4.78, 5) is 20.7. The molecule has 1 amide bonds. The van der Waals surface area contributed by atoms with E-state index in [4.69, 9.17) is 4.52 Å². The van der Waals surface area contributed by atoms with Crippen LogP contribution < -0.4 is 5.32 Å². The number of imidazole rings is 1. The van der Waals surface area contributed by atoms with E-state index in [2.05, 4.69) is 25.5 Å². The molecule has 0 spiro atoms. The molecule has 0 radical (unpaired) electrons. The number of aryl methyl sites for hydroxylation is 1. The fraction of sp³-hybridized carbons (Fsp3) is 0.133. The predicted octanol–water partition coefficient (Wildman–Crippen LogP) is 1.05. The molecule has 1 N–H and O–H groups in total. The summed E-state index contributed by atoms with van der Waals surface area (Å²) >= 11 is 0. The molecule has 9 heteroatoms. The van der Waals surface area contributed by atoms with E-state index in [1.54, 1.807) is 29.0 Å². The van der Waals surface area contributed by atoms with Crippen LogP contribution in [0.5, 0.6) is 0 Å². The van der Waals surface area contributed by atoms with Gasteiger partial charge >= 0.3 is 0 Å². The third kappa shape index (κ3) is 2.41. The van der Waals surface area contributed by atoms with E-state index >= 15 is 0 Å². The van der Waals surface area contributed by atoms with E-state index < -0.39 is 0 Å². The maximum atomic E-state index is 12.3. The molecule has 0 aliphatic heterocycles. The topological polar surface area (TPSA) is 103 Å². The maximum absolute atomic E-state index is 12.3. The first-order valence-corrected chi connectivity index (χ1v) is 7.23. The van der Waals surface area contributed by atoms with Gasteiger partial charge in [0.05, 0.1) is 12.7 Å². The molecule has 120 valence electrons. The lowest BCUT2D eigenvalue weighted by atomic mass is 10.3. The highest BCUT2D eigenvalue weighted by molar-refractivity contribution is 5.99. The summed E-state index contributed by atoms with van der Waals surface area (Å²) in [6.45, 7) is 0.125. The van der Waals surface area contributed by atoms with Gasteiger partial charge in [-0.15, -0.1) is 0 Å². The van der Waals surface area contributed by atoms with Crippen LogP contribution in [-0.4, -0.2) is 35.2 Å². The number of carbonyl (C=O) groups excluding carboxylic acids is 1. The van der Waals surface area contributed by atoms with Gasteiger partial charge in [0.2, 0.25) is 11.7 Å². The second kappa shape index (κ2) is 5.61. The lowest BCUT2D eigenvalue weighted by Crippen LogP contribution is -2.23. The summed E-state index contributed by atoms with van der Waals surface area (Å²) in [6.07, 6.45) is 6.79. The second-order valence-corrected chi connectivity index (χ2v) is 5.14. The summed E-state index contributed by atoms with van der Waals surface area (Å²) in [5.41, 5.74) is 1.81. The third-order valence-corrected chi connectivity index (χ3v) is 3.54. The zero-order valence-electron chi connectivity index (χ0n) is 12.7. The molecule has 4 aromatic heterocycles. The van der Waals surface area contributed by atoms with E-state index in [-0.39, 0.29) is 12.5 Å². The number of rotatable bonds is 4. The summed E-state index contributed by atoms with van der Waals surface area (Å²) in [5, 5.41) is 10.8. The predicted molar refractivity (Wildman–Crippen MR) is 82.9 cm³/mol. The van der Waals surface area contributed by atoms with Gasteiger partial charge in [-0.05, 0) is 12.1 Å². The first kappa shape index (κ1) is 14.1. The molecule has 0 unspecified atom stereocenters. The van der Waals surface area contributed by atoms with Gasteiger partial charge in [-0.25, -0.2) is 4.52 Å². The number of aromatic nitrogens is 6. The van der Waals surface area contributed by atoms with Crippen LogP contribution in [-0.2, 0) is 13.6 Å². The van der Waals surface area contributed by atoms with Gasteiger partial charge in [-0.1, -0.05) is 11.2 Å². The lowest BCUT2D eigenvalue weighted by molar-refractivity contribution is 0.0947. The Hall–Kier alpha value is -3.49. The standard InChI is InChI=1S/C15H13N7O2/c1-21-6-7-22-15(21)10(8-18-22)14(23)17-9-12-19-13(20-24-12)11-4-2-3-5-16-11/h2-8H,9H2,1H3,(H,17,23). The molecule has 0 aliphatic rings. The number of fused-ring (bicyclic) bond motifs is 1. The molecule has 9 nitrogen and oxygen atoms in total. The normalized spacial score (nSPS) is 11.0. The van der Waals surface area contributed by atoms with E-state index in [0.29, 0.717) is 28.6 Å². The van der Waals surface area contributed by atoms with Gasteiger partial charge < -0.3 is 14.4 Å². The van der Waals surface area contributed by atoms with Crippen LogP contribution in [0.1, 0.15) is 16.2 Å². The highest BCUT2D eigenvalue weighted by Crippen LogP contribution is 2.13. The van der Waals surface area contributed by atoms with E-state index in [0.717, 1.165) is 0 Å². The van der Waals surface area contributed by atoms with Crippen molar-refractivity contribution >= 4 is 11.6 Å². The van der Waals surface area contributed by atoms with Crippen LogP contribution in [0.25, 0.3) is 17.2 Å². The van der Waals surface area contributed by atoms with Gasteiger partial charge in [0, 0.05) is 25.6 Å². The quantitative estimate of drug-likeness (QED) is 0.602. The molecular formula is C15H13N7O2. The molecule has 0 bridgehead atoms. The zero-order valence-corrected chi connectivity index (χ0v) is 12.7. The van der Waals surface area contributed by atoms with Crippen molar-refractivity contribution in [2.24, 2.45) is 7.05 Å². The minimum atomic E-state index is -0.260. The first-order chi connectivity index (χ1) is 11.7. The van der Waals surface area contributed by atoms with Crippen LogP contribution in [0.3, 0.4) is 0 Å². The number of nitrogens with one attached hydrogen (secondary N) is 1. The smallest absolute Gasteiger partial charge is 0.257 e.